The summed E-state index contributed by atoms with van der Waals surface area (Å²) in [5.41, 5.74) is 3.90. The van der Waals surface area contributed by atoms with Crippen LogP contribution in [-0.4, -0.2) is 42.2 Å². The Morgan fingerprint density at radius 1 is 0.940 bits per heavy atom. The maximum atomic E-state index is 14.4. The van der Waals surface area contributed by atoms with Crippen LogP contribution < -0.4 is 10.6 Å². The van der Waals surface area contributed by atoms with Crippen molar-refractivity contribution in [3.05, 3.63) is 69.0 Å². The van der Waals surface area contributed by atoms with Gasteiger partial charge in [0.2, 0.25) is 5.78 Å². The van der Waals surface area contributed by atoms with Gasteiger partial charge in [0.15, 0.2) is 5.78 Å². The van der Waals surface area contributed by atoms with Crippen LogP contribution >= 0.6 is 0 Å². The van der Waals surface area contributed by atoms with E-state index in [1.54, 1.807) is 14.0 Å². The van der Waals surface area contributed by atoms with E-state index in [1.165, 1.54) is 13.8 Å². The molecule has 0 radical (unpaired) electrons. The molecule has 0 spiro atoms. The molecule has 0 aromatic carbocycles. The second kappa shape index (κ2) is 18.4. The number of rotatable bonds is 20. The van der Waals surface area contributed by atoms with Crippen LogP contribution in [0.4, 0.5) is 13.2 Å². The van der Waals surface area contributed by atoms with Crippen LogP contribution in [0.25, 0.3) is 0 Å². The standard InChI is InChI=1S/C42H63F3N2O3/c1-13-25(3)16-15-17-27(5)37(36(48)22-28(6)35(21-18-26(4)14-2)30(8)29(7)33(11)43)31(9)32(10)38(49)40(50)47-41(23-42(44,45)24-41)39(46-12)34-19-20-34/h18,21,25-26,28,33,46H,7,13-17,19-20,22-24H2,1-6,8-12H3,(H,47,50)/b21-18-,32-31+,35-30+,37-27-. The second-order valence-electron chi connectivity index (χ2n) is 15.1. The summed E-state index contributed by atoms with van der Waals surface area (Å²) >= 11 is 0. The molecule has 4 unspecified atom stereocenters. The number of hydrogen-bond donors (Lipinski definition) is 2. The van der Waals surface area contributed by atoms with Crippen LogP contribution in [0.1, 0.15) is 133 Å². The molecule has 5 nitrogen and oxygen atoms in total. The lowest BCUT2D eigenvalue weighted by Crippen LogP contribution is -2.66. The SMILES string of the molecule is C=C(/C(C)=C(\C=C/C(C)CC)C(C)CC(=O)C(=C(/C)CCCC(C)CC)/C(C)=C(\C)C(=O)C(=O)NC1(C(NC)=C2CC2)CC(F)(F)C1)C(C)F. The zero-order valence-electron chi connectivity index (χ0n) is 32.6. The monoisotopic (exact) mass is 700 g/mol. The van der Waals surface area contributed by atoms with Gasteiger partial charge < -0.3 is 10.6 Å². The minimum Gasteiger partial charge on any atom is -0.390 e. The largest absolute Gasteiger partial charge is 0.390 e. The third kappa shape index (κ3) is 11.2. The van der Waals surface area contributed by atoms with Gasteiger partial charge in [-0.3, -0.25) is 14.4 Å². The van der Waals surface area contributed by atoms with Crippen molar-refractivity contribution in [1.29, 1.82) is 0 Å². The van der Waals surface area contributed by atoms with Crippen LogP contribution in [0.3, 0.4) is 0 Å². The number of nitrogens with one attached hydrogen (secondary N) is 2. The molecule has 280 valence electrons. The summed E-state index contributed by atoms with van der Waals surface area (Å²) in [5, 5.41) is 5.68. The first kappa shape index (κ1) is 43.0. The first-order valence-corrected chi connectivity index (χ1v) is 18.5. The summed E-state index contributed by atoms with van der Waals surface area (Å²) in [5.74, 6) is -4.39. The third-order valence-corrected chi connectivity index (χ3v) is 10.9. The first-order chi connectivity index (χ1) is 23.2. The molecule has 0 aliphatic heterocycles. The highest BCUT2D eigenvalue weighted by Gasteiger charge is 2.60. The predicted octanol–water partition coefficient (Wildman–Crippen LogP) is 10.4. The first-order valence-electron chi connectivity index (χ1n) is 18.5. The summed E-state index contributed by atoms with van der Waals surface area (Å²) in [6.07, 6.45) is 7.77. The zero-order chi connectivity index (χ0) is 38.1. The van der Waals surface area contributed by atoms with Gasteiger partial charge in [0.1, 0.15) is 6.17 Å². The third-order valence-electron chi connectivity index (χ3n) is 10.9. The number of carbonyl (C=O) groups excluding carboxylic acids is 3. The minimum absolute atomic E-state index is 0.103. The molecular weight excluding hydrogens is 637 g/mol. The Hall–Kier alpha value is -3.16. The molecule has 2 aliphatic rings. The number of carbonyl (C=O) groups is 3. The van der Waals surface area contributed by atoms with Crippen molar-refractivity contribution >= 4 is 17.5 Å². The Morgan fingerprint density at radius 3 is 2.02 bits per heavy atom. The van der Waals surface area contributed by atoms with Gasteiger partial charge in [0.05, 0.1) is 5.54 Å². The van der Waals surface area contributed by atoms with E-state index in [1.807, 2.05) is 26.8 Å². The summed E-state index contributed by atoms with van der Waals surface area (Å²) in [6, 6.07) is 0. The lowest BCUT2D eigenvalue weighted by molar-refractivity contribution is -0.147. The summed E-state index contributed by atoms with van der Waals surface area (Å²) in [7, 11) is 1.64. The maximum Gasteiger partial charge on any atom is 0.292 e. The van der Waals surface area contributed by atoms with Crippen LogP contribution in [0.5, 0.6) is 0 Å². The van der Waals surface area contributed by atoms with Gasteiger partial charge in [-0.2, -0.15) is 0 Å². The Balaban J connectivity index is 2.53. The highest BCUT2D eigenvalue weighted by molar-refractivity contribution is 6.43. The van der Waals surface area contributed by atoms with Gasteiger partial charge in [0.25, 0.3) is 11.8 Å². The average molecular weight is 701 g/mol. The van der Waals surface area contributed by atoms with Gasteiger partial charge in [-0.1, -0.05) is 78.2 Å². The van der Waals surface area contributed by atoms with E-state index in [-0.39, 0.29) is 23.7 Å². The average Bonchev–Trinajstić information content (AvgIpc) is 3.87. The van der Waals surface area contributed by atoms with Crippen LogP contribution in [0.15, 0.2) is 69.0 Å². The molecule has 0 aromatic heterocycles. The van der Waals surface area contributed by atoms with Gasteiger partial charge >= 0.3 is 0 Å². The van der Waals surface area contributed by atoms with Crippen LogP contribution in [0.2, 0.25) is 0 Å². The van der Waals surface area contributed by atoms with Crippen molar-refractivity contribution in [1.82, 2.24) is 10.6 Å². The van der Waals surface area contributed by atoms with E-state index in [2.05, 4.69) is 51.0 Å². The Kier molecular flexibility index (Phi) is 15.8. The van der Waals surface area contributed by atoms with Crippen molar-refractivity contribution in [2.24, 2.45) is 17.8 Å². The van der Waals surface area contributed by atoms with Crippen molar-refractivity contribution in [2.75, 3.05) is 7.05 Å². The number of likely N-dealkylation sites (N-methyl/N-ethyl adjacent to an activating group) is 1. The Bertz CT molecular complexity index is 1450. The number of amides is 1. The fraction of sp³-hybridized carbons (Fsp3) is 0.643. The van der Waals surface area contributed by atoms with Crippen LogP contribution in [0, 0.1) is 17.8 Å². The molecule has 2 N–H and O–H groups in total. The summed E-state index contributed by atoms with van der Waals surface area (Å²) in [4.78, 5) is 41.5. The van der Waals surface area contributed by atoms with E-state index in [9.17, 15) is 27.6 Å². The van der Waals surface area contributed by atoms with Crippen molar-refractivity contribution in [3.8, 4) is 0 Å². The van der Waals surface area contributed by atoms with E-state index >= 15 is 0 Å². The zero-order valence-corrected chi connectivity index (χ0v) is 32.6. The molecule has 0 aromatic rings. The molecule has 0 saturated heterocycles. The molecule has 8 heteroatoms. The van der Waals surface area contributed by atoms with Crippen molar-refractivity contribution in [2.45, 2.75) is 151 Å². The molecular formula is C42H63F3N2O3. The molecule has 50 heavy (non-hydrogen) atoms. The topological polar surface area (TPSA) is 75.3 Å². The predicted molar refractivity (Wildman–Crippen MR) is 200 cm³/mol. The molecule has 0 bridgehead atoms. The fourth-order valence-corrected chi connectivity index (χ4v) is 6.88. The van der Waals surface area contributed by atoms with Gasteiger partial charge in [0, 0.05) is 43.2 Å². The quantitative estimate of drug-likeness (QED) is 0.0753. The number of ketones is 2. The lowest BCUT2D eigenvalue weighted by Gasteiger charge is -2.49. The van der Waals surface area contributed by atoms with E-state index in [0.717, 1.165) is 55.2 Å². The molecule has 2 fully saturated rings. The van der Waals surface area contributed by atoms with Gasteiger partial charge in [-0.15, -0.1) is 0 Å². The summed E-state index contributed by atoms with van der Waals surface area (Å²) < 4.78 is 42.9. The van der Waals surface area contributed by atoms with Gasteiger partial charge in [-0.05, 0) is 106 Å². The minimum atomic E-state index is -2.94. The fourth-order valence-electron chi connectivity index (χ4n) is 6.88. The summed E-state index contributed by atoms with van der Waals surface area (Å²) in [6.45, 7) is 22.8. The Morgan fingerprint density at radius 2 is 1.54 bits per heavy atom. The normalized spacial score (nSPS) is 20.3. The van der Waals surface area contributed by atoms with E-state index in [0.29, 0.717) is 46.2 Å². The molecule has 1 amide bonds. The van der Waals surface area contributed by atoms with E-state index in [4.69, 9.17) is 0 Å². The second-order valence-corrected chi connectivity index (χ2v) is 15.1. The number of hydrogen-bond acceptors (Lipinski definition) is 4. The van der Waals surface area contributed by atoms with Crippen LogP contribution in [-0.2, 0) is 14.4 Å². The molecule has 2 saturated carbocycles. The molecule has 4 atom stereocenters. The number of alkyl halides is 3. The molecule has 0 heterocycles. The number of Topliss-reactive ketones (excluding diaryl/α,β-unsaturated/α-hetero) is 2. The molecule has 2 aliphatic carbocycles. The smallest absolute Gasteiger partial charge is 0.292 e. The highest BCUT2D eigenvalue weighted by Crippen LogP contribution is 2.51. The Labute approximate surface area is 300 Å². The van der Waals surface area contributed by atoms with Gasteiger partial charge in [-0.25, -0.2) is 13.2 Å². The van der Waals surface area contributed by atoms with Crippen molar-refractivity contribution in [3.63, 3.8) is 0 Å². The number of allylic oxidation sites excluding steroid dienone is 9. The highest BCUT2D eigenvalue weighted by atomic mass is 19.3. The number of halogens is 3. The maximum absolute atomic E-state index is 14.4. The van der Waals surface area contributed by atoms with Crippen molar-refractivity contribution < 1.29 is 27.6 Å². The lowest BCUT2D eigenvalue weighted by atomic mass is 9.70. The van der Waals surface area contributed by atoms with E-state index < -0.39 is 42.2 Å². The molecule has 2 rings (SSSR count).